The first-order valence-electron chi connectivity index (χ1n) is 2.97. The van der Waals surface area contributed by atoms with Gasteiger partial charge in [0.25, 0.3) is 0 Å². The third-order valence-electron chi connectivity index (χ3n) is 1.29. The molecule has 1 aromatic heterocycles. The van der Waals surface area contributed by atoms with E-state index in [-0.39, 0.29) is 5.92 Å². The van der Waals surface area contributed by atoms with E-state index in [1.165, 1.54) is 11.3 Å². The Hall–Kier alpha value is -0.450. The van der Waals surface area contributed by atoms with Gasteiger partial charge in [0.2, 0.25) is 0 Å². The van der Waals surface area contributed by atoms with Crippen molar-refractivity contribution in [2.45, 2.75) is 19.1 Å². The van der Waals surface area contributed by atoms with Crippen molar-refractivity contribution in [1.82, 2.24) is 4.98 Å². The number of aliphatic hydroxyl groups excluding tert-OH is 1. The third kappa shape index (κ3) is 1.53. The quantitative estimate of drug-likeness (QED) is 0.620. The van der Waals surface area contributed by atoms with Gasteiger partial charge in [-0.05, 0) is 0 Å². The van der Waals surface area contributed by atoms with E-state index >= 15 is 0 Å². The van der Waals surface area contributed by atoms with Crippen LogP contribution in [-0.4, -0.2) is 21.5 Å². The highest BCUT2D eigenvalue weighted by Crippen LogP contribution is 2.19. The number of nitrogens with zero attached hydrogens (tertiary/aromatic N) is 1. The molecule has 0 spiro atoms. The van der Waals surface area contributed by atoms with Gasteiger partial charge in [-0.3, -0.25) is 0 Å². The van der Waals surface area contributed by atoms with E-state index < -0.39 is 6.29 Å². The van der Waals surface area contributed by atoms with Crippen LogP contribution >= 0.6 is 11.3 Å². The van der Waals surface area contributed by atoms with Crippen LogP contribution in [0.1, 0.15) is 17.8 Å². The van der Waals surface area contributed by atoms with Crippen molar-refractivity contribution in [3.05, 3.63) is 16.6 Å². The Balaban J connectivity index is 2.68. The zero-order valence-electron chi connectivity index (χ0n) is 5.56. The molecule has 1 atom stereocenters. The molecule has 0 saturated carbocycles. The molecule has 1 unspecified atom stereocenters. The van der Waals surface area contributed by atoms with Crippen molar-refractivity contribution in [1.29, 1.82) is 0 Å². The molecule has 0 aliphatic carbocycles. The van der Waals surface area contributed by atoms with Gasteiger partial charge >= 0.3 is 0 Å². The molecule has 1 rings (SSSR count). The zero-order chi connectivity index (χ0) is 7.56. The molecule has 0 aliphatic heterocycles. The summed E-state index contributed by atoms with van der Waals surface area (Å²) < 4.78 is 0. The molecule has 56 valence electrons. The predicted molar refractivity (Wildman–Crippen MR) is 38.8 cm³/mol. The summed E-state index contributed by atoms with van der Waals surface area (Å²) in [7, 11) is 0. The van der Waals surface area contributed by atoms with Crippen LogP contribution in [-0.2, 0) is 0 Å². The fraction of sp³-hybridized carbons (Fsp3) is 0.500. The molecule has 1 heterocycles. The Morgan fingerprint density at radius 3 is 2.70 bits per heavy atom. The molecular weight excluding hydrogens is 150 g/mol. The molecule has 4 heteroatoms. The normalized spacial score (nSPS) is 14.0. The lowest BCUT2D eigenvalue weighted by Crippen LogP contribution is -2.13. The molecule has 2 N–H and O–H groups in total. The summed E-state index contributed by atoms with van der Waals surface area (Å²) in [6, 6.07) is 0. The zero-order valence-corrected chi connectivity index (χ0v) is 6.38. The largest absolute Gasteiger partial charge is 0.368 e. The SMILES string of the molecule is CC(c1nccs1)C(O)O. The highest BCUT2D eigenvalue weighted by molar-refractivity contribution is 7.09. The number of thiazole rings is 1. The van der Waals surface area contributed by atoms with Crippen molar-refractivity contribution in [3.63, 3.8) is 0 Å². The topological polar surface area (TPSA) is 53.4 Å². The number of hydrogen-bond acceptors (Lipinski definition) is 4. The van der Waals surface area contributed by atoms with Gasteiger partial charge in [0.1, 0.15) is 5.01 Å². The van der Waals surface area contributed by atoms with Gasteiger partial charge in [-0.1, -0.05) is 6.92 Å². The van der Waals surface area contributed by atoms with Gasteiger partial charge in [-0.25, -0.2) is 4.98 Å². The summed E-state index contributed by atoms with van der Waals surface area (Å²) in [6.07, 6.45) is 0.352. The molecular formula is C6H9NO2S. The first kappa shape index (κ1) is 7.65. The smallest absolute Gasteiger partial charge is 0.160 e. The van der Waals surface area contributed by atoms with Crippen molar-refractivity contribution in [2.75, 3.05) is 0 Å². The Labute approximate surface area is 63.0 Å². The molecule has 0 radical (unpaired) electrons. The number of aromatic nitrogens is 1. The van der Waals surface area contributed by atoms with Crippen LogP contribution in [0.2, 0.25) is 0 Å². The molecule has 0 aliphatic rings. The van der Waals surface area contributed by atoms with Crippen LogP contribution in [0.25, 0.3) is 0 Å². The summed E-state index contributed by atoms with van der Waals surface area (Å²) in [5.41, 5.74) is 0. The maximum atomic E-state index is 8.71. The Kier molecular flexibility index (Phi) is 2.37. The minimum absolute atomic E-state index is 0.278. The van der Waals surface area contributed by atoms with E-state index in [0.717, 1.165) is 5.01 Å². The van der Waals surface area contributed by atoms with Gasteiger partial charge in [-0.15, -0.1) is 11.3 Å². The van der Waals surface area contributed by atoms with Gasteiger partial charge in [0.15, 0.2) is 6.29 Å². The standard InChI is InChI=1S/C6H9NO2S/c1-4(6(8)9)5-7-2-3-10-5/h2-4,6,8-9H,1H3. The first-order valence-corrected chi connectivity index (χ1v) is 3.85. The fourth-order valence-electron chi connectivity index (χ4n) is 0.587. The monoisotopic (exact) mass is 159 g/mol. The summed E-state index contributed by atoms with van der Waals surface area (Å²) >= 11 is 1.43. The second kappa shape index (κ2) is 3.09. The lowest BCUT2D eigenvalue weighted by atomic mass is 10.2. The minimum Gasteiger partial charge on any atom is -0.368 e. The van der Waals surface area contributed by atoms with Crippen LogP contribution < -0.4 is 0 Å². The maximum Gasteiger partial charge on any atom is 0.160 e. The van der Waals surface area contributed by atoms with Crippen molar-refractivity contribution >= 4 is 11.3 Å². The highest BCUT2D eigenvalue weighted by atomic mass is 32.1. The summed E-state index contributed by atoms with van der Waals surface area (Å²) in [5, 5.41) is 20.0. The predicted octanol–water partition coefficient (Wildman–Crippen LogP) is 0.557. The molecule has 3 nitrogen and oxygen atoms in total. The molecule has 0 bridgehead atoms. The Bertz CT molecular complexity index is 186. The second-order valence-electron chi connectivity index (χ2n) is 2.07. The third-order valence-corrected chi connectivity index (χ3v) is 2.26. The summed E-state index contributed by atoms with van der Waals surface area (Å²) in [4.78, 5) is 3.94. The van der Waals surface area contributed by atoms with Crippen molar-refractivity contribution in [3.8, 4) is 0 Å². The summed E-state index contributed by atoms with van der Waals surface area (Å²) in [6.45, 7) is 1.73. The number of hydrogen-bond donors (Lipinski definition) is 2. The molecule has 0 aromatic carbocycles. The van der Waals surface area contributed by atoms with Gasteiger partial charge in [0.05, 0.1) is 5.92 Å². The van der Waals surface area contributed by atoms with Crippen molar-refractivity contribution in [2.24, 2.45) is 0 Å². The van der Waals surface area contributed by atoms with E-state index in [4.69, 9.17) is 10.2 Å². The van der Waals surface area contributed by atoms with Crippen LogP contribution in [0.5, 0.6) is 0 Å². The van der Waals surface area contributed by atoms with E-state index in [0.29, 0.717) is 0 Å². The van der Waals surface area contributed by atoms with Gasteiger partial charge in [-0.2, -0.15) is 0 Å². The molecule has 1 aromatic rings. The van der Waals surface area contributed by atoms with Crippen LogP contribution in [0.4, 0.5) is 0 Å². The van der Waals surface area contributed by atoms with E-state index in [2.05, 4.69) is 4.98 Å². The van der Waals surface area contributed by atoms with E-state index in [1.54, 1.807) is 13.1 Å². The minimum atomic E-state index is -1.30. The lowest BCUT2D eigenvalue weighted by Gasteiger charge is -2.08. The van der Waals surface area contributed by atoms with Gasteiger partial charge in [0, 0.05) is 11.6 Å². The van der Waals surface area contributed by atoms with Crippen LogP contribution in [0.3, 0.4) is 0 Å². The number of rotatable bonds is 2. The van der Waals surface area contributed by atoms with E-state index in [1.807, 2.05) is 5.38 Å². The molecule has 10 heavy (non-hydrogen) atoms. The van der Waals surface area contributed by atoms with Crippen molar-refractivity contribution < 1.29 is 10.2 Å². The van der Waals surface area contributed by atoms with Gasteiger partial charge < -0.3 is 10.2 Å². The molecule has 0 fully saturated rings. The van der Waals surface area contributed by atoms with E-state index in [9.17, 15) is 0 Å². The fourth-order valence-corrected chi connectivity index (χ4v) is 1.31. The average molecular weight is 159 g/mol. The summed E-state index contributed by atoms with van der Waals surface area (Å²) in [5.74, 6) is -0.278. The Morgan fingerprint density at radius 2 is 2.30 bits per heavy atom. The number of aliphatic hydroxyl groups is 2. The van der Waals surface area contributed by atoms with Crippen LogP contribution in [0.15, 0.2) is 11.6 Å². The highest BCUT2D eigenvalue weighted by Gasteiger charge is 2.14. The Morgan fingerprint density at radius 1 is 1.60 bits per heavy atom. The van der Waals surface area contributed by atoms with Crippen LogP contribution in [0, 0.1) is 0 Å². The molecule has 0 saturated heterocycles. The lowest BCUT2D eigenvalue weighted by molar-refractivity contribution is -0.0561. The maximum absolute atomic E-state index is 8.71. The first-order chi connectivity index (χ1) is 4.72. The average Bonchev–Trinajstić information content (AvgIpc) is 2.36. The molecule has 0 amide bonds. The second-order valence-corrected chi connectivity index (χ2v) is 3.00.